The van der Waals surface area contributed by atoms with Crippen LogP contribution in [0.15, 0.2) is 52.3 Å². The van der Waals surface area contributed by atoms with Crippen LogP contribution in [-0.2, 0) is 6.54 Å². The number of ether oxygens (including phenoxy) is 2. The molecular formula is C26H27N5O4. The van der Waals surface area contributed by atoms with E-state index in [0.717, 1.165) is 61.4 Å². The molecule has 1 saturated heterocycles. The van der Waals surface area contributed by atoms with Crippen LogP contribution >= 0.6 is 0 Å². The third-order valence-electron chi connectivity index (χ3n) is 7.34. The number of H-pyrrole nitrogens is 1. The molecule has 9 heteroatoms. The first-order chi connectivity index (χ1) is 17.1. The fourth-order valence-corrected chi connectivity index (χ4v) is 5.61. The summed E-state index contributed by atoms with van der Waals surface area (Å²) in [6.07, 6.45) is 4.94. The van der Waals surface area contributed by atoms with E-state index in [-0.39, 0.29) is 5.56 Å². The van der Waals surface area contributed by atoms with Crippen molar-refractivity contribution in [2.24, 2.45) is 5.92 Å². The predicted octanol–water partition coefficient (Wildman–Crippen LogP) is 2.53. The van der Waals surface area contributed by atoms with Crippen LogP contribution in [0.2, 0.25) is 0 Å². The molecule has 6 rings (SSSR count). The van der Waals surface area contributed by atoms with Gasteiger partial charge in [-0.25, -0.2) is 4.79 Å². The number of nitrogens with zero attached hydrogens (tertiary/aromatic N) is 4. The summed E-state index contributed by atoms with van der Waals surface area (Å²) in [5.74, 6) is 2.67. The van der Waals surface area contributed by atoms with Gasteiger partial charge in [0.25, 0.3) is 5.56 Å². The van der Waals surface area contributed by atoms with E-state index in [9.17, 15) is 9.59 Å². The van der Waals surface area contributed by atoms with E-state index in [1.165, 1.54) is 10.1 Å². The van der Waals surface area contributed by atoms with Crippen molar-refractivity contribution in [1.82, 2.24) is 24.6 Å². The fourth-order valence-electron chi connectivity index (χ4n) is 5.61. The Morgan fingerprint density at radius 3 is 2.89 bits per heavy atom. The minimum atomic E-state index is -0.500. The molecule has 35 heavy (non-hydrogen) atoms. The molecule has 2 aromatic carbocycles. The number of methoxy groups -OCH3 is 1. The Morgan fingerprint density at radius 2 is 2.00 bits per heavy atom. The van der Waals surface area contributed by atoms with Gasteiger partial charge in [0.1, 0.15) is 11.5 Å². The van der Waals surface area contributed by atoms with Gasteiger partial charge >= 0.3 is 5.69 Å². The number of nitrogens with one attached hydrogen (secondary N) is 1. The van der Waals surface area contributed by atoms with Crippen molar-refractivity contribution in [1.29, 1.82) is 0 Å². The van der Waals surface area contributed by atoms with Crippen LogP contribution < -0.4 is 20.7 Å². The highest BCUT2D eigenvalue weighted by atomic mass is 16.5. The fraction of sp³-hybridized carbons (Fsp3) is 0.385. The zero-order valence-electron chi connectivity index (χ0n) is 19.6. The lowest BCUT2D eigenvalue weighted by atomic mass is 9.86. The second-order valence-electron chi connectivity index (χ2n) is 9.36. The Hall–Kier alpha value is -3.72. The molecule has 4 aromatic rings. The molecule has 2 aliphatic heterocycles. The summed E-state index contributed by atoms with van der Waals surface area (Å²) >= 11 is 0. The first-order valence-corrected chi connectivity index (χ1v) is 12.0. The Morgan fingerprint density at radius 1 is 1.11 bits per heavy atom. The molecule has 0 spiro atoms. The summed E-state index contributed by atoms with van der Waals surface area (Å²) in [5.41, 5.74) is 0.816. The summed E-state index contributed by atoms with van der Waals surface area (Å²) in [4.78, 5) is 32.4. The van der Waals surface area contributed by atoms with Crippen molar-refractivity contribution in [2.45, 2.75) is 25.3 Å². The normalized spacial score (nSPS) is 19.5. The van der Waals surface area contributed by atoms with E-state index < -0.39 is 5.69 Å². The average Bonchev–Trinajstić information content (AvgIpc) is 3.31. The molecule has 0 aliphatic carbocycles. The zero-order chi connectivity index (χ0) is 23.9. The maximum Gasteiger partial charge on any atom is 0.351 e. The highest BCUT2D eigenvalue weighted by molar-refractivity contribution is 6.03. The van der Waals surface area contributed by atoms with Crippen LogP contribution in [0.4, 0.5) is 0 Å². The summed E-state index contributed by atoms with van der Waals surface area (Å²) in [6.45, 7) is 3.94. The second kappa shape index (κ2) is 8.81. The van der Waals surface area contributed by atoms with Gasteiger partial charge in [0.15, 0.2) is 0 Å². The van der Waals surface area contributed by atoms with Crippen molar-refractivity contribution >= 4 is 21.7 Å². The van der Waals surface area contributed by atoms with Gasteiger partial charge in [0.05, 0.1) is 30.8 Å². The molecule has 9 nitrogen and oxygen atoms in total. The van der Waals surface area contributed by atoms with Gasteiger partial charge in [-0.1, -0.05) is 12.1 Å². The van der Waals surface area contributed by atoms with Gasteiger partial charge in [0, 0.05) is 54.0 Å². The molecule has 0 saturated carbocycles. The minimum absolute atomic E-state index is 0.285. The molecule has 0 radical (unpaired) electrons. The number of unbranched alkanes of at least 4 members (excludes halogenated alkanes) is 1. The lowest BCUT2D eigenvalue weighted by Gasteiger charge is -2.29. The number of benzene rings is 2. The van der Waals surface area contributed by atoms with Crippen molar-refractivity contribution in [3.8, 4) is 11.5 Å². The Bertz CT molecular complexity index is 1510. The van der Waals surface area contributed by atoms with Gasteiger partial charge < -0.3 is 14.4 Å². The molecule has 180 valence electrons. The van der Waals surface area contributed by atoms with Crippen molar-refractivity contribution < 1.29 is 9.47 Å². The van der Waals surface area contributed by atoms with Crippen LogP contribution in [0.1, 0.15) is 24.3 Å². The van der Waals surface area contributed by atoms with Crippen molar-refractivity contribution in [3.05, 3.63) is 69.1 Å². The zero-order valence-corrected chi connectivity index (χ0v) is 19.6. The predicted molar refractivity (Wildman–Crippen MR) is 132 cm³/mol. The van der Waals surface area contributed by atoms with E-state index in [1.54, 1.807) is 25.6 Å². The molecule has 0 amide bonds. The standard InChI is InChI=1S/C26H27N5O4/c1-34-21-5-4-6-22-23(21)20-14-30(13-17(20)15-35-22)9-2-3-10-31-25(32)18-8-7-16-11-27-28-12-19(16)24(18)29-26(31)33/h4-8,11-12,17,20,28H,2-3,9-10,13-15H2,1H3/t17-,20-/m1/s1. The van der Waals surface area contributed by atoms with Gasteiger partial charge in [-0.15, -0.1) is 0 Å². The number of hydrogen-bond donors (Lipinski definition) is 1. The van der Waals surface area contributed by atoms with E-state index in [1.807, 2.05) is 24.3 Å². The summed E-state index contributed by atoms with van der Waals surface area (Å²) in [6, 6.07) is 9.55. The molecule has 0 bridgehead atoms. The van der Waals surface area contributed by atoms with Crippen molar-refractivity contribution in [3.63, 3.8) is 0 Å². The average molecular weight is 474 g/mol. The largest absolute Gasteiger partial charge is 0.496 e. The van der Waals surface area contributed by atoms with Crippen LogP contribution in [0.5, 0.6) is 11.5 Å². The van der Waals surface area contributed by atoms with Gasteiger partial charge in [0.2, 0.25) is 0 Å². The number of rotatable bonds is 6. The Kier molecular flexibility index (Phi) is 5.49. The minimum Gasteiger partial charge on any atom is -0.496 e. The van der Waals surface area contributed by atoms with Crippen LogP contribution in [0, 0.1) is 5.92 Å². The van der Waals surface area contributed by atoms with Crippen LogP contribution in [-0.4, -0.2) is 58.0 Å². The third-order valence-corrected chi connectivity index (χ3v) is 7.34. The number of hydrogen-bond acceptors (Lipinski definition) is 7. The number of aromatic amines is 1. The van der Waals surface area contributed by atoms with E-state index in [2.05, 4.69) is 20.1 Å². The molecule has 2 atom stereocenters. The summed E-state index contributed by atoms with van der Waals surface area (Å²) in [5, 5.41) is 8.74. The summed E-state index contributed by atoms with van der Waals surface area (Å²) in [7, 11) is 1.71. The van der Waals surface area contributed by atoms with Gasteiger partial charge in [-0.05, 0) is 37.6 Å². The van der Waals surface area contributed by atoms with Gasteiger partial charge in [-0.2, -0.15) is 10.1 Å². The highest BCUT2D eigenvalue weighted by Gasteiger charge is 2.40. The molecule has 1 N–H and O–H groups in total. The molecule has 2 aromatic heterocycles. The summed E-state index contributed by atoms with van der Waals surface area (Å²) < 4.78 is 12.9. The molecule has 0 unspecified atom stereocenters. The number of fused-ring (bicyclic) bond motifs is 6. The SMILES string of the molecule is COc1cccc2c1[C@@H]1CN(CCCCn3c(=O)nc4c(ccc5cn[nH]cc54)c3=O)C[C@@H]1CO2. The van der Waals surface area contributed by atoms with Crippen molar-refractivity contribution in [2.75, 3.05) is 33.4 Å². The number of aromatic nitrogens is 4. The molecule has 1 fully saturated rings. The Balaban J connectivity index is 1.13. The highest BCUT2D eigenvalue weighted by Crippen LogP contribution is 2.46. The number of likely N-dealkylation sites (tertiary alicyclic amines) is 1. The first-order valence-electron chi connectivity index (χ1n) is 12.0. The topological polar surface area (TPSA) is 102 Å². The quantitative estimate of drug-likeness (QED) is 0.339. The molecule has 4 heterocycles. The van der Waals surface area contributed by atoms with Crippen LogP contribution in [0.25, 0.3) is 21.7 Å². The molecule has 2 aliphatic rings. The van der Waals surface area contributed by atoms with E-state index in [4.69, 9.17) is 9.47 Å². The van der Waals surface area contributed by atoms with E-state index >= 15 is 0 Å². The second-order valence-corrected chi connectivity index (χ2v) is 9.36. The maximum atomic E-state index is 13.1. The van der Waals surface area contributed by atoms with E-state index in [0.29, 0.717) is 29.3 Å². The van der Waals surface area contributed by atoms with Gasteiger partial charge in [-0.3, -0.25) is 14.5 Å². The van der Waals surface area contributed by atoms with Crippen LogP contribution in [0.3, 0.4) is 0 Å². The lowest BCUT2D eigenvalue weighted by Crippen LogP contribution is -2.35. The maximum absolute atomic E-state index is 13.1. The smallest absolute Gasteiger partial charge is 0.351 e. The first kappa shape index (κ1) is 21.8. The molecular weight excluding hydrogens is 446 g/mol. The third kappa shape index (κ3) is 3.76. The monoisotopic (exact) mass is 473 g/mol. The lowest BCUT2D eigenvalue weighted by molar-refractivity contribution is 0.209. The Labute approximate surface area is 201 Å².